The highest BCUT2D eigenvalue weighted by Crippen LogP contribution is 2.33. The lowest BCUT2D eigenvalue weighted by atomic mass is 10.2. The maximum absolute atomic E-state index is 11.7. The van der Waals surface area contributed by atoms with Crippen LogP contribution >= 0.6 is 11.8 Å². The van der Waals surface area contributed by atoms with Crippen molar-refractivity contribution in [2.45, 2.75) is 29.9 Å². The molecule has 1 fully saturated rings. The lowest BCUT2D eigenvalue weighted by molar-refractivity contribution is -0.140. The summed E-state index contributed by atoms with van der Waals surface area (Å²) < 4.78 is 7.20. The number of carbonyl (C=O) groups is 1. The van der Waals surface area contributed by atoms with Crippen LogP contribution in [0.1, 0.15) is 13.3 Å². The third-order valence-electron chi connectivity index (χ3n) is 3.39. The van der Waals surface area contributed by atoms with E-state index in [1.807, 2.05) is 42.9 Å². The van der Waals surface area contributed by atoms with Gasteiger partial charge in [-0.3, -0.25) is 4.79 Å². The van der Waals surface area contributed by atoms with Crippen LogP contribution in [0.2, 0.25) is 0 Å². The first-order valence-electron chi connectivity index (χ1n) is 6.59. The van der Waals surface area contributed by atoms with E-state index in [1.165, 1.54) is 11.8 Å². The number of rotatable bonds is 3. The molecule has 0 saturated carbocycles. The summed E-state index contributed by atoms with van der Waals surface area (Å²) in [6.07, 6.45) is 2.60. The molecule has 1 saturated heterocycles. The van der Waals surface area contributed by atoms with E-state index < -0.39 is 0 Å². The van der Waals surface area contributed by atoms with Gasteiger partial charge >= 0.3 is 5.97 Å². The fourth-order valence-electron chi connectivity index (χ4n) is 2.32. The predicted molar refractivity (Wildman–Crippen MR) is 78.5 cm³/mol. The van der Waals surface area contributed by atoms with Gasteiger partial charge in [0.05, 0.1) is 11.9 Å². The van der Waals surface area contributed by atoms with Crippen molar-refractivity contribution in [3.63, 3.8) is 0 Å². The van der Waals surface area contributed by atoms with Crippen LogP contribution in [0.4, 0.5) is 0 Å². The Labute approximate surface area is 122 Å². The molecular weight excluding hydrogens is 272 g/mol. The summed E-state index contributed by atoms with van der Waals surface area (Å²) in [7, 11) is 1.97. The number of aromatic nitrogens is 2. The summed E-state index contributed by atoms with van der Waals surface area (Å²) in [5.74, 6) is -0.133. The van der Waals surface area contributed by atoms with Crippen molar-refractivity contribution < 1.29 is 9.53 Å². The summed E-state index contributed by atoms with van der Waals surface area (Å²) in [4.78, 5) is 16.1. The Bertz CT molecular complexity index is 624. The van der Waals surface area contributed by atoms with Crippen LogP contribution < -0.4 is 0 Å². The minimum atomic E-state index is -0.144. The number of benzene rings is 1. The van der Waals surface area contributed by atoms with Crippen molar-refractivity contribution in [2.75, 3.05) is 0 Å². The zero-order chi connectivity index (χ0) is 14.1. The van der Waals surface area contributed by atoms with Crippen molar-refractivity contribution in [3.8, 4) is 11.3 Å². The number of thioether (sulfide) groups is 1. The summed E-state index contributed by atoms with van der Waals surface area (Å²) in [6.45, 7) is 1.92. The molecule has 1 aliphatic heterocycles. The van der Waals surface area contributed by atoms with Gasteiger partial charge in [-0.15, -0.1) is 0 Å². The second-order valence-corrected chi connectivity index (χ2v) is 6.11. The van der Waals surface area contributed by atoms with E-state index in [4.69, 9.17) is 4.74 Å². The Kier molecular flexibility index (Phi) is 3.53. The second-order valence-electron chi connectivity index (χ2n) is 4.94. The average molecular weight is 288 g/mol. The van der Waals surface area contributed by atoms with Gasteiger partial charge in [0.25, 0.3) is 0 Å². The number of esters is 1. The van der Waals surface area contributed by atoms with Crippen LogP contribution in [0.15, 0.2) is 41.7 Å². The number of imidazole rings is 1. The Morgan fingerprint density at radius 3 is 2.75 bits per heavy atom. The summed E-state index contributed by atoms with van der Waals surface area (Å²) in [5.41, 5.74) is 2.17. The highest BCUT2D eigenvalue weighted by atomic mass is 32.2. The topological polar surface area (TPSA) is 44.1 Å². The minimum absolute atomic E-state index is 0.00821. The van der Waals surface area contributed by atoms with Crippen LogP contribution in [-0.4, -0.2) is 26.9 Å². The fourth-order valence-corrected chi connectivity index (χ4v) is 3.47. The Balaban J connectivity index is 1.83. The van der Waals surface area contributed by atoms with E-state index in [0.717, 1.165) is 22.8 Å². The Morgan fingerprint density at radius 2 is 2.10 bits per heavy atom. The molecule has 0 radical (unpaired) electrons. The summed E-state index contributed by atoms with van der Waals surface area (Å²) in [5, 5.41) is 0.703. The van der Waals surface area contributed by atoms with Crippen molar-refractivity contribution in [1.29, 1.82) is 0 Å². The number of cyclic esters (lactones) is 1. The normalized spacial score (nSPS) is 22.0. The van der Waals surface area contributed by atoms with E-state index in [-0.39, 0.29) is 17.3 Å². The van der Waals surface area contributed by atoms with Gasteiger partial charge in [0.15, 0.2) is 5.16 Å². The van der Waals surface area contributed by atoms with Gasteiger partial charge in [0, 0.05) is 13.5 Å². The van der Waals surface area contributed by atoms with E-state index in [1.54, 1.807) is 0 Å². The molecule has 0 spiro atoms. The Morgan fingerprint density at radius 1 is 1.35 bits per heavy atom. The SMILES string of the molecule is C[C@H]1C[C@@H](Sc2ncc(-c3ccccc3)n2C)C(=O)O1. The number of hydrogen-bond donors (Lipinski definition) is 0. The molecule has 2 atom stereocenters. The van der Waals surface area contributed by atoms with E-state index in [9.17, 15) is 4.79 Å². The van der Waals surface area contributed by atoms with E-state index in [2.05, 4.69) is 17.1 Å². The van der Waals surface area contributed by atoms with Crippen LogP contribution in [0.5, 0.6) is 0 Å². The largest absolute Gasteiger partial charge is 0.462 e. The zero-order valence-corrected chi connectivity index (χ0v) is 12.3. The highest BCUT2D eigenvalue weighted by Gasteiger charge is 2.33. The van der Waals surface area contributed by atoms with Crippen LogP contribution in [0.25, 0.3) is 11.3 Å². The molecule has 3 rings (SSSR count). The van der Waals surface area contributed by atoms with Gasteiger partial charge in [-0.25, -0.2) is 4.98 Å². The van der Waals surface area contributed by atoms with Gasteiger partial charge in [0.2, 0.25) is 0 Å². The molecule has 0 N–H and O–H groups in total. The molecular formula is C15H16N2O2S. The number of hydrogen-bond acceptors (Lipinski definition) is 4. The highest BCUT2D eigenvalue weighted by molar-refractivity contribution is 8.00. The maximum atomic E-state index is 11.7. The molecule has 0 unspecified atom stereocenters. The number of ether oxygens (including phenoxy) is 1. The first-order valence-corrected chi connectivity index (χ1v) is 7.47. The van der Waals surface area contributed by atoms with Gasteiger partial charge in [-0.2, -0.15) is 0 Å². The zero-order valence-electron chi connectivity index (χ0n) is 11.4. The van der Waals surface area contributed by atoms with Crippen molar-refractivity contribution in [2.24, 2.45) is 7.05 Å². The molecule has 2 aromatic rings. The van der Waals surface area contributed by atoms with Crippen LogP contribution in [0.3, 0.4) is 0 Å². The summed E-state index contributed by atoms with van der Waals surface area (Å²) >= 11 is 1.48. The molecule has 1 aromatic carbocycles. The molecule has 1 aromatic heterocycles. The number of carbonyl (C=O) groups excluding carboxylic acids is 1. The summed E-state index contributed by atoms with van der Waals surface area (Å²) in [6, 6.07) is 10.1. The smallest absolute Gasteiger partial charge is 0.319 e. The molecule has 0 bridgehead atoms. The first kappa shape index (κ1) is 13.2. The van der Waals surface area contributed by atoms with Crippen LogP contribution in [0, 0.1) is 0 Å². The maximum Gasteiger partial charge on any atom is 0.319 e. The van der Waals surface area contributed by atoms with Gasteiger partial charge < -0.3 is 9.30 Å². The van der Waals surface area contributed by atoms with Crippen molar-refractivity contribution in [1.82, 2.24) is 9.55 Å². The molecule has 5 heteroatoms. The average Bonchev–Trinajstić information content (AvgIpc) is 2.95. The second kappa shape index (κ2) is 5.32. The van der Waals surface area contributed by atoms with Crippen LogP contribution in [-0.2, 0) is 16.6 Å². The molecule has 0 aliphatic carbocycles. The molecule has 0 amide bonds. The lowest BCUT2D eigenvalue weighted by Gasteiger charge is -2.07. The molecule has 4 nitrogen and oxygen atoms in total. The molecule has 20 heavy (non-hydrogen) atoms. The van der Waals surface area contributed by atoms with E-state index in [0.29, 0.717) is 0 Å². The molecule has 2 heterocycles. The molecule has 1 aliphatic rings. The molecule has 104 valence electrons. The van der Waals surface area contributed by atoms with Gasteiger partial charge in [-0.05, 0) is 12.5 Å². The number of nitrogens with zero attached hydrogens (tertiary/aromatic N) is 2. The van der Waals surface area contributed by atoms with Crippen molar-refractivity contribution >= 4 is 17.7 Å². The van der Waals surface area contributed by atoms with E-state index >= 15 is 0 Å². The fraction of sp³-hybridized carbons (Fsp3) is 0.333. The quantitative estimate of drug-likeness (QED) is 0.815. The van der Waals surface area contributed by atoms with Gasteiger partial charge in [0.1, 0.15) is 11.4 Å². The lowest BCUT2D eigenvalue weighted by Crippen LogP contribution is -2.10. The predicted octanol–water partition coefficient (Wildman–Crippen LogP) is 2.88. The third-order valence-corrected chi connectivity index (χ3v) is 4.65. The monoisotopic (exact) mass is 288 g/mol. The third kappa shape index (κ3) is 2.45. The minimum Gasteiger partial charge on any atom is -0.462 e. The van der Waals surface area contributed by atoms with Crippen molar-refractivity contribution in [3.05, 3.63) is 36.5 Å². The first-order chi connectivity index (χ1) is 9.65. The Hall–Kier alpha value is -1.75. The standard InChI is InChI=1S/C15H16N2O2S/c1-10-8-13(14(18)19-10)20-15-16-9-12(17(15)2)11-6-4-3-5-7-11/h3-7,9-10,13H,8H2,1-2H3/t10-,13+/m0/s1. The van der Waals surface area contributed by atoms with Gasteiger partial charge in [-0.1, -0.05) is 42.1 Å².